The van der Waals surface area contributed by atoms with Crippen LogP contribution in [0.15, 0.2) is 30.3 Å². The monoisotopic (exact) mass is 190 g/mol. The summed E-state index contributed by atoms with van der Waals surface area (Å²) in [4.78, 5) is 4.19. The van der Waals surface area contributed by atoms with E-state index < -0.39 is 5.85 Å². The van der Waals surface area contributed by atoms with Gasteiger partial charge >= 0.3 is 0 Å². The van der Waals surface area contributed by atoms with Crippen molar-refractivity contribution in [2.75, 3.05) is 26.2 Å². The summed E-state index contributed by atoms with van der Waals surface area (Å²) in [5.74, 6) is -0.818. The summed E-state index contributed by atoms with van der Waals surface area (Å²) in [5, 5.41) is 10.6. The Morgan fingerprint density at radius 3 is 1.86 bits per heavy atom. The fourth-order valence-electron chi connectivity index (χ4n) is 1.95. The molecule has 0 atom stereocenters. The van der Waals surface area contributed by atoms with Gasteiger partial charge in [-0.1, -0.05) is 30.3 Å². The fourth-order valence-corrected chi connectivity index (χ4v) is 1.95. The molecule has 0 amide bonds. The van der Waals surface area contributed by atoms with Crippen molar-refractivity contribution < 1.29 is 5.11 Å². The van der Waals surface area contributed by atoms with Gasteiger partial charge in [0.2, 0.25) is 5.85 Å². The first kappa shape index (κ1) is 8.41. The van der Waals surface area contributed by atoms with Crippen molar-refractivity contribution in [1.82, 2.24) is 9.80 Å². The van der Waals surface area contributed by atoms with Crippen molar-refractivity contribution in [3.8, 4) is 0 Å². The molecule has 1 N–H and O–H groups in total. The van der Waals surface area contributed by atoms with Gasteiger partial charge in [0.1, 0.15) is 0 Å². The zero-order chi connectivity index (χ0) is 9.60. The number of nitrogens with zero attached hydrogens (tertiary/aromatic N) is 2. The maximum atomic E-state index is 10.6. The minimum Gasteiger partial charge on any atom is -0.359 e. The van der Waals surface area contributed by atoms with Gasteiger partial charge in [-0.05, 0) is 0 Å². The van der Waals surface area contributed by atoms with Crippen LogP contribution in [0.3, 0.4) is 0 Å². The summed E-state index contributed by atoms with van der Waals surface area (Å²) < 4.78 is 0. The van der Waals surface area contributed by atoms with Crippen LogP contribution in [0.1, 0.15) is 5.56 Å². The SMILES string of the molecule is OC(c1ccccc1)(N1CC1)N1CC1. The summed E-state index contributed by atoms with van der Waals surface area (Å²) in [5.41, 5.74) is 0.995. The van der Waals surface area contributed by atoms with E-state index in [4.69, 9.17) is 0 Å². The quantitative estimate of drug-likeness (QED) is 0.700. The Kier molecular flexibility index (Phi) is 1.68. The van der Waals surface area contributed by atoms with Crippen LogP contribution in [0.5, 0.6) is 0 Å². The molecule has 1 aromatic carbocycles. The number of benzene rings is 1. The van der Waals surface area contributed by atoms with Crippen LogP contribution in [0.4, 0.5) is 0 Å². The van der Waals surface area contributed by atoms with Crippen molar-refractivity contribution >= 4 is 0 Å². The number of rotatable bonds is 3. The molecule has 2 saturated heterocycles. The Labute approximate surface area is 83.6 Å². The average molecular weight is 190 g/mol. The van der Waals surface area contributed by atoms with Gasteiger partial charge in [-0.15, -0.1) is 0 Å². The van der Waals surface area contributed by atoms with Gasteiger partial charge in [-0.2, -0.15) is 0 Å². The highest BCUT2D eigenvalue weighted by atomic mass is 16.3. The van der Waals surface area contributed by atoms with Crippen LogP contribution in [0.2, 0.25) is 0 Å². The van der Waals surface area contributed by atoms with E-state index in [1.54, 1.807) is 0 Å². The molecule has 0 bridgehead atoms. The smallest absolute Gasteiger partial charge is 0.204 e. The summed E-state index contributed by atoms with van der Waals surface area (Å²) in [6.45, 7) is 4.01. The van der Waals surface area contributed by atoms with Crippen molar-refractivity contribution in [3.05, 3.63) is 35.9 Å². The molecule has 0 unspecified atom stereocenters. The molecule has 2 aliphatic heterocycles. The average Bonchev–Trinajstić information content (AvgIpc) is 3.06. The van der Waals surface area contributed by atoms with E-state index in [0.717, 1.165) is 31.7 Å². The van der Waals surface area contributed by atoms with Crippen molar-refractivity contribution in [2.24, 2.45) is 0 Å². The largest absolute Gasteiger partial charge is 0.359 e. The third-order valence-corrected chi connectivity index (χ3v) is 2.94. The van der Waals surface area contributed by atoms with Gasteiger partial charge in [-0.3, -0.25) is 9.80 Å². The second-order valence-corrected chi connectivity index (χ2v) is 3.98. The van der Waals surface area contributed by atoms with Gasteiger partial charge < -0.3 is 5.11 Å². The van der Waals surface area contributed by atoms with Gasteiger partial charge in [0.05, 0.1) is 0 Å². The summed E-state index contributed by atoms with van der Waals surface area (Å²) in [6.07, 6.45) is 0. The Bertz CT molecular complexity index is 318. The zero-order valence-electron chi connectivity index (χ0n) is 8.06. The van der Waals surface area contributed by atoms with Gasteiger partial charge in [0, 0.05) is 31.7 Å². The first-order valence-corrected chi connectivity index (χ1v) is 5.10. The molecule has 2 fully saturated rings. The lowest BCUT2D eigenvalue weighted by molar-refractivity contribution is -0.137. The van der Waals surface area contributed by atoms with Crippen LogP contribution < -0.4 is 0 Å². The first-order valence-electron chi connectivity index (χ1n) is 5.10. The molecular formula is C11H14N2O. The topological polar surface area (TPSA) is 26.2 Å². The number of hydrogen-bond acceptors (Lipinski definition) is 3. The van der Waals surface area contributed by atoms with Crippen LogP contribution in [0, 0.1) is 0 Å². The van der Waals surface area contributed by atoms with Crippen LogP contribution in [-0.2, 0) is 5.85 Å². The summed E-state index contributed by atoms with van der Waals surface area (Å²) in [6, 6.07) is 9.93. The predicted octanol–water partition coefficient (Wildman–Crippen LogP) is 0.420. The van der Waals surface area contributed by atoms with Crippen LogP contribution in [0.25, 0.3) is 0 Å². The molecule has 3 rings (SSSR count). The Balaban J connectivity index is 1.98. The van der Waals surface area contributed by atoms with E-state index in [0.29, 0.717) is 0 Å². The maximum absolute atomic E-state index is 10.6. The molecule has 74 valence electrons. The molecule has 14 heavy (non-hydrogen) atoms. The molecule has 3 heteroatoms. The van der Waals surface area contributed by atoms with E-state index in [1.807, 2.05) is 30.3 Å². The van der Waals surface area contributed by atoms with Gasteiger partial charge in [-0.25, -0.2) is 0 Å². The van der Waals surface area contributed by atoms with E-state index in [2.05, 4.69) is 9.80 Å². The lowest BCUT2D eigenvalue weighted by Crippen LogP contribution is -2.42. The summed E-state index contributed by atoms with van der Waals surface area (Å²) in [7, 11) is 0. The van der Waals surface area contributed by atoms with E-state index in [9.17, 15) is 5.11 Å². The van der Waals surface area contributed by atoms with Gasteiger partial charge in [0.25, 0.3) is 0 Å². The molecule has 0 aliphatic carbocycles. The molecule has 1 aromatic rings. The number of hydrogen-bond donors (Lipinski definition) is 1. The minimum atomic E-state index is -0.818. The highest BCUT2D eigenvalue weighted by Gasteiger charge is 2.51. The van der Waals surface area contributed by atoms with Crippen LogP contribution >= 0.6 is 0 Å². The first-order chi connectivity index (χ1) is 6.82. The molecule has 2 heterocycles. The van der Waals surface area contributed by atoms with Crippen molar-refractivity contribution in [2.45, 2.75) is 5.85 Å². The highest BCUT2D eigenvalue weighted by Crippen LogP contribution is 2.37. The third-order valence-electron chi connectivity index (χ3n) is 2.94. The lowest BCUT2D eigenvalue weighted by Gasteiger charge is -2.31. The minimum absolute atomic E-state index is 0.818. The molecule has 2 aliphatic rings. The molecule has 0 aromatic heterocycles. The Hall–Kier alpha value is -0.900. The van der Waals surface area contributed by atoms with Gasteiger partial charge in [0.15, 0.2) is 0 Å². The van der Waals surface area contributed by atoms with Crippen molar-refractivity contribution in [3.63, 3.8) is 0 Å². The predicted molar refractivity (Wildman–Crippen MR) is 53.5 cm³/mol. The third kappa shape index (κ3) is 1.17. The van der Waals surface area contributed by atoms with E-state index >= 15 is 0 Å². The maximum Gasteiger partial charge on any atom is 0.204 e. The molecule has 0 spiro atoms. The lowest BCUT2D eigenvalue weighted by atomic mass is 10.1. The standard InChI is InChI=1S/C11H14N2O/c14-11(12-6-7-12,13-8-9-13)10-4-2-1-3-5-10/h1-5,14H,6-9H2. The Morgan fingerprint density at radius 1 is 0.929 bits per heavy atom. The Morgan fingerprint density at radius 2 is 1.43 bits per heavy atom. The highest BCUT2D eigenvalue weighted by molar-refractivity contribution is 5.23. The normalized spacial score (nSPS) is 22.4. The second-order valence-electron chi connectivity index (χ2n) is 3.98. The summed E-state index contributed by atoms with van der Waals surface area (Å²) >= 11 is 0. The molecular weight excluding hydrogens is 176 g/mol. The van der Waals surface area contributed by atoms with Crippen LogP contribution in [-0.4, -0.2) is 41.1 Å². The second kappa shape index (κ2) is 2.79. The van der Waals surface area contributed by atoms with E-state index in [-0.39, 0.29) is 0 Å². The molecule has 3 nitrogen and oxygen atoms in total. The van der Waals surface area contributed by atoms with E-state index in [1.165, 1.54) is 0 Å². The fraction of sp³-hybridized carbons (Fsp3) is 0.455. The zero-order valence-corrected chi connectivity index (χ0v) is 8.06. The molecule has 0 saturated carbocycles. The van der Waals surface area contributed by atoms with Crippen molar-refractivity contribution in [1.29, 1.82) is 0 Å². The number of aliphatic hydroxyl groups is 1. The molecule has 0 radical (unpaired) electrons.